The number of aromatic nitrogens is 1. The molecule has 5 aromatic carbocycles. The number of hydrogen-bond donors (Lipinski definition) is 1. The average Bonchev–Trinajstić information content (AvgIpc) is 3.36. The Hall–Kier alpha value is -5.03. The van der Waals surface area contributed by atoms with Crippen LogP contribution >= 0.6 is 0 Å². The van der Waals surface area contributed by atoms with E-state index in [0.717, 1.165) is 49.7 Å². The highest BCUT2D eigenvalue weighted by molar-refractivity contribution is 6.09. The Morgan fingerprint density at radius 3 is 2.35 bits per heavy atom. The lowest BCUT2D eigenvalue weighted by Crippen LogP contribution is -2.12. The molecule has 6 rings (SSSR count). The molecule has 0 aliphatic carbocycles. The summed E-state index contributed by atoms with van der Waals surface area (Å²) in [5.74, 6) is 0.808. The van der Waals surface area contributed by atoms with Crippen LogP contribution in [0, 0.1) is 0 Å². The Kier molecular flexibility index (Phi) is 8.14. The molecule has 1 N–H and O–H groups in total. The maximum absolute atomic E-state index is 13.0. The third-order valence-electron chi connectivity index (χ3n) is 7.87. The molecule has 216 valence electrons. The number of aryl methyl sites for hydroxylation is 1. The van der Waals surface area contributed by atoms with Gasteiger partial charge >= 0.3 is 5.97 Å². The lowest BCUT2D eigenvalue weighted by Gasteiger charge is -2.14. The average molecular weight is 570 g/mol. The Morgan fingerprint density at radius 2 is 1.53 bits per heavy atom. The molecular weight excluding hydrogens is 534 g/mol. The Balaban J connectivity index is 1.37. The van der Waals surface area contributed by atoms with Crippen molar-refractivity contribution < 1.29 is 19.4 Å². The summed E-state index contributed by atoms with van der Waals surface area (Å²) in [5.41, 5.74) is 5.00. The molecule has 43 heavy (non-hydrogen) atoms. The second kappa shape index (κ2) is 12.5. The zero-order valence-corrected chi connectivity index (χ0v) is 24.5. The summed E-state index contributed by atoms with van der Waals surface area (Å²) >= 11 is 0. The zero-order valence-electron chi connectivity index (χ0n) is 24.5. The topological polar surface area (TPSA) is 60.7 Å². The fraction of sp³-hybridized carbons (Fsp3) is 0.184. The first-order valence-electron chi connectivity index (χ1n) is 14.8. The number of carboxylic acid groups (broad SMARTS) is 1. The molecule has 0 aliphatic heterocycles. The summed E-state index contributed by atoms with van der Waals surface area (Å²) in [5, 5.41) is 13.7. The van der Waals surface area contributed by atoms with Gasteiger partial charge in [-0.2, -0.15) is 0 Å². The Morgan fingerprint density at radius 1 is 0.791 bits per heavy atom. The fourth-order valence-electron chi connectivity index (χ4n) is 5.85. The van der Waals surface area contributed by atoms with Crippen molar-refractivity contribution in [1.29, 1.82) is 0 Å². The lowest BCUT2D eigenvalue weighted by molar-refractivity contribution is 0.0686. The molecule has 5 heteroatoms. The highest BCUT2D eigenvalue weighted by atomic mass is 16.5. The van der Waals surface area contributed by atoms with Gasteiger partial charge in [-0.25, -0.2) is 4.79 Å². The van der Waals surface area contributed by atoms with E-state index in [9.17, 15) is 9.90 Å². The van der Waals surface area contributed by atoms with Gasteiger partial charge in [-0.15, -0.1) is 0 Å². The highest BCUT2D eigenvalue weighted by Gasteiger charge is 2.26. The predicted molar refractivity (Wildman–Crippen MR) is 173 cm³/mol. The molecule has 0 unspecified atom stereocenters. The van der Waals surface area contributed by atoms with Crippen LogP contribution in [0.1, 0.15) is 47.8 Å². The summed E-state index contributed by atoms with van der Waals surface area (Å²) in [7, 11) is 0. The van der Waals surface area contributed by atoms with E-state index in [-0.39, 0.29) is 11.6 Å². The number of fused-ring (bicyclic) bond motifs is 2. The molecule has 0 saturated heterocycles. The number of rotatable bonds is 11. The van der Waals surface area contributed by atoms with Gasteiger partial charge in [0.2, 0.25) is 0 Å². The van der Waals surface area contributed by atoms with Gasteiger partial charge in [0, 0.05) is 28.4 Å². The van der Waals surface area contributed by atoms with Crippen LogP contribution in [-0.4, -0.2) is 22.2 Å². The molecule has 0 bridgehead atoms. The second-order valence-corrected chi connectivity index (χ2v) is 11.1. The molecule has 6 aromatic rings. The minimum Gasteiger partial charge on any atom is -0.493 e. The summed E-state index contributed by atoms with van der Waals surface area (Å²) in [6.07, 6.45) is 0.644. The summed E-state index contributed by atoms with van der Waals surface area (Å²) in [6.45, 7) is 5.66. The van der Waals surface area contributed by atoms with Crippen LogP contribution in [0.25, 0.3) is 32.8 Å². The molecule has 0 aliphatic rings. The first-order chi connectivity index (χ1) is 21.0. The first kappa shape index (κ1) is 28.1. The van der Waals surface area contributed by atoms with E-state index in [4.69, 9.17) is 9.47 Å². The van der Waals surface area contributed by atoms with Crippen molar-refractivity contribution in [1.82, 2.24) is 4.57 Å². The van der Waals surface area contributed by atoms with Crippen molar-refractivity contribution >= 4 is 27.6 Å². The second-order valence-electron chi connectivity index (χ2n) is 11.1. The van der Waals surface area contributed by atoms with Crippen molar-refractivity contribution in [3.05, 3.63) is 132 Å². The van der Waals surface area contributed by atoms with E-state index >= 15 is 0 Å². The Labute approximate surface area is 251 Å². The van der Waals surface area contributed by atoms with Gasteiger partial charge in [0.15, 0.2) is 0 Å². The van der Waals surface area contributed by atoms with Gasteiger partial charge in [0.1, 0.15) is 23.8 Å². The standard InChI is InChI=1S/C38H35NO4/c1-26(2)30-16-8-9-18-32(30)36-33-24-29(43-25-27-12-4-3-5-13-27)20-21-34(33)39(37(36)38(40)41)22-11-23-42-35-19-10-15-28-14-6-7-17-31(28)35/h3-10,12-21,24,26H,11,22-23,25H2,1-2H3,(H,40,41). The summed E-state index contributed by atoms with van der Waals surface area (Å²) < 4.78 is 14.3. The van der Waals surface area contributed by atoms with E-state index < -0.39 is 5.97 Å². The number of carboxylic acids is 1. The highest BCUT2D eigenvalue weighted by Crippen LogP contribution is 2.40. The maximum atomic E-state index is 13.0. The van der Waals surface area contributed by atoms with Crippen molar-refractivity contribution in [3.63, 3.8) is 0 Å². The van der Waals surface area contributed by atoms with Crippen LogP contribution in [0.4, 0.5) is 0 Å². The van der Waals surface area contributed by atoms with E-state index in [0.29, 0.717) is 31.9 Å². The van der Waals surface area contributed by atoms with Gasteiger partial charge in [-0.1, -0.05) is 105 Å². The normalized spacial score (nSPS) is 11.3. The van der Waals surface area contributed by atoms with Crippen molar-refractivity contribution in [3.8, 4) is 22.6 Å². The third-order valence-corrected chi connectivity index (χ3v) is 7.87. The van der Waals surface area contributed by atoms with E-state index in [2.05, 4.69) is 38.1 Å². The molecule has 0 fully saturated rings. The van der Waals surface area contributed by atoms with Crippen molar-refractivity contribution in [2.24, 2.45) is 0 Å². The number of aromatic carboxylic acids is 1. The molecule has 5 nitrogen and oxygen atoms in total. The zero-order chi connectivity index (χ0) is 29.8. The van der Waals surface area contributed by atoms with Crippen molar-refractivity contribution in [2.75, 3.05) is 6.61 Å². The molecule has 0 amide bonds. The van der Waals surface area contributed by atoms with Crippen molar-refractivity contribution in [2.45, 2.75) is 39.3 Å². The third kappa shape index (κ3) is 5.84. The van der Waals surface area contributed by atoms with E-state index in [1.165, 1.54) is 0 Å². The Bertz CT molecular complexity index is 1880. The van der Waals surface area contributed by atoms with Crippen LogP contribution in [0.3, 0.4) is 0 Å². The van der Waals surface area contributed by atoms with E-state index in [1.807, 2.05) is 95.6 Å². The summed E-state index contributed by atoms with van der Waals surface area (Å²) in [6, 6.07) is 38.2. The smallest absolute Gasteiger partial charge is 0.353 e. The van der Waals surface area contributed by atoms with Crippen LogP contribution in [-0.2, 0) is 13.2 Å². The monoisotopic (exact) mass is 569 g/mol. The minimum atomic E-state index is -0.952. The van der Waals surface area contributed by atoms with Crippen LogP contribution in [0.5, 0.6) is 11.5 Å². The summed E-state index contributed by atoms with van der Waals surface area (Å²) in [4.78, 5) is 13.0. The first-order valence-corrected chi connectivity index (χ1v) is 14.8. The molecule has 0 spiro atoms. The van der Waals surface area contributed by atoms with Gasteiger partial charge in [-0.05, 0) is 58.7 Å². The van der Waals surface area contributed by atoms with Gasteiger partial charge in [0.05, 0.1) is 6.61 Å². The van der Waals surface area contributed by atoms with Crippen LogP contribution in [0.2, 0.25) is 0 Å². The maximum Gasteiger partial charge on any atom is 0.353 e. The number of carbonyl (C=O) groups is 1. The number of benzene rings is 5. The van der Waals surface area contributed by atoms with Crippen LogP contribution in [0.15, 0.2) is 115 Å². The minimum absolute atomic E-state index is 0.225. The molecular formula is C38H35NO4. The molecule has 1 aromatic heterocycles. The fourth-order valence-corrected chi connectivity index (χ4v) is 5.85. The number of hydrogen-bond acceptors (Lipinski definition) is 3. The van der Waals surface area contributed by atoms with Gasteiger partial charge in [0.25, 0.3) is 0 Å². The lowest BCUT2D eigenvalue weighted by atomic mass is 9.91. The SMILES string of the molecule is CC(C)c1ccccc1-c1c(C(=O)O)n(CCCOc2cccc3ccccc23)c2ccc(OCc3ccccc3)cc12. The van der Waals surface area contributed by atoms with E-state index in [1.54, 1.807) is 0 Å². The molecule has 0 saturated carbocycles. The van der Waals surface area contributed by atoms with Gasteiger partial charge < -0.3 is 19.1 Å². The number of ether oxygens (including phenoxy) is 2. The quantitative estimate of drug-likeness (QED) is 0.158. The largest absolute Gasteiger partial charge is 0.493 e. The van der Waals surface area contributed by atoms with Crippen LogP contribution < -0.4 is 9.47 Å². The number of nitrogens with zero attached hydrogens (tertiary/aromatic N) is 1. The molecule has 1 heterocycles. The molecule has 0 atom stereocenters. The predicted octanol–water partition coefficient (Wildman–Crippen LogP) is 9.33. The van der Waals surface area contributed by atoms with Gasteiger partial charge in [-0.3, -0.25) is 0 Å². The molecule has 0 radical (unpaired) electrons.